The molecule has 0 aromatic rings. The van der Waals surface area contributed by atoms with Gasteiger partial charge in [-0.05, 0) is 38.1 Å². The zero-order valence-electron chi connectivity index (χ0n) is 6.21. The Morgan fingerprint density at radius 2 is 2.10 bits per heavy atom. The molecule has 0 aromatic heterocycles. The van der Waals surface area contributed by atoms with Gasteiger partial charge in [-0.25, -0.2) is 0 Å². The minimum atomic E-state index is -0.0214. The predicted molar refractivity (Wildman–Crippen MR) is 39.8 cm³/mol. The third-order valence-electron chi connectivity index (χ3n) is 2.89. The van der Waals surface area contributed by atoms with E-state index in [0.717, 1.165) is 18.8 Å². The summed E-state index contributed by atoms with van der Waals surface area (Å²) in [4.78, 5) is 0. The molecule has 2 N–H and O–H groups in total. The van der Waals surface area contributed by atoms with Gasteiger partial charge in [-0.2, -0.15) is 0 Å². The lowest BCUT2D eigenvalue weighted by atomic mass is 9.84. The van der Waals surface area contributed by atoms with Crippen LogP contribution < -0.4 is 5.32 Å². The van der Waals surface area contributed by atoms with Crippen LogP contribution in [0.25, 0.3) is 0 Å². The van der Waals surface area contributed by atoms with Crippen LogP contribution in [0.2, 0.25) is 0 Å². The van der Waals surface area contributed by atoms with Crippen molar-refractivity contribution >= 4 is 0 Å². The molecule has 2 rings (SSSR count). The molecule has 3 unspecified atom stereocenters. The summed E-state index contributed by atoms with van der Waals surface area (Å²) in [7, 11) is 0. The molecule has 2 nitrogen and oxygen atoms in total. The number of hydrogen-bond acceptors (Lipinski definition) is 2. The van der Waals surface area contributed by atoms with Gasteiger partial charge in [0.15, 0.2) is 0 Å². The van der Waals surface area contributed by atoms with E-state index in [-0.39, 0.29) is 6.10 Å². The van der Waals surface area contributed by atoms with E-state index >= 15 is 0 Å². The smallest absolute Gasteiger partial charge is 0.0555 e. The van der Waals surface area contributed by atoms with Crippen molar-refractivity contribution in [3.05, 3.63) is 0 Å². The first kappa shape index (κ1) is 6.62. The molecule has 1 aliphatic heterocycles. The van der Waals surface area contributed by atoms with Crippen molar-refractivity contribution in [2.45, 2.75) is 37.8 Å². The second-order valence-corrected chi connectivity index (χ2v) is 3.58. The Bertz CT molecular complexity index is 126. The summed E-state index contributed by atoms with van der Waals surface area (Å²) in [6.07, 6.45) is 4.57. The Morgan fingerprint density at radius 3 is 3.00 bits per heavy atom. The van der Waals surface area contributed by atoms with E-state index in [1.807, 2.05) is 0 Å². The fourth-order valence-electron chi connectivity index (χ4n) is 2.26. The van der Waals surface area contributed by atoms with Crippen LogP contribution in [0.1, 0.15) is 25.7 Å². The average Bonchev–Trinajstić information content (AvgIpc) is 2.33. The van der Waals surface area contributed by atoms with Crippen LogP contribution in [0.5, 0.6) is 0 Å². The Balaban J connectivity index is 1.96. The second kappa shape index (κ2) is 2.51. The molecule has 0 aromatic carbocycles. The molecular formula is C8H15NO. The van der Waals surface area contributed by atoms with Crippen LogP contribution in [-0.4, -0.2) is 23.8 Å². The number of fused-ring (bicyclic) bond motifs is 1. The maximum Gasteiger partial charge on any atom is 0.0555 e. The highest BCUT2D eigenvalue weighted by Gasteiger charge is 2.32. The van der Waals surface area contributed by atoms with Crippen molar-refractivity contribution in [2.24, 2.45) is 5.92 Å². The molecule has 10 heavy (non-hydrogen) atoms. The van der Waals surface area contributed by atoms with Gasteiger partial charge in [-0.1, -0.05) is 0 Å². The Labute approximate surface area is 61.6 Å². The molecule has 0 spiro atoms. The molecule has 0 bridgehead atoms. The molecule has 1 heterocycles. The summed E-state index contributed by atoms with van der Waals surface area (Å²) < 4.78 is 0. The molecule has 1 aliphatic carbocycles. The fourth-order valence-corrected chi connectivity index (χ4v) is 2.26. The summed E-state index contributed by atoms with van der Waals surface area (Å²) in [5.74, 6) is 0.878. The monoisotopic (exact) mass is 141 g/mol. The molecule has 0 amide bonds. The van der Waals surface area contributed by atoms with Crippen molar-refractivity contribution in [1.29, 1.82) is 0 Å². The molecule has 2 heteroatoms. The molecule has 2 aliphatic rings. The zero-order chi connectivity index (χ0) is 6.97. The third kappa shape index (κ3) is 1.06. The zero-order valence-corrected chi connectivity index (χ0v) is 6.21. The first-order valence-electron chi connectivity index (χ1n) is 4.28. The van der Waals surface area contributed by atoms with Gasteiger partial charge >= 0.3 is 0 Å². The Morgan fingerprint density at radius 1 is 1.20 bits per heavy atom. The Kier molecular flexibility index (Phi) is 1.66. The van der Waals surface area contributed by atoms with E-state index in [0.29, 0.717) is 6.04 Å². The summed E-state index contributed by atoms with van der Waals surface area (Å²) in [5.41, 5.74) is 0. The second-order valence-electron chi connectivity index (χ2n) is 3.58. The maximum atomic E-state index is 9.32. The number of hydrogen-bond donors (Lipinski definition) is 2. The van der Waals surface area contributed by atoms with Crippen molar-refractivity contribution in [2.75, 3.05) is 6.54 Å². The van der Waals surface area contributed by atoms with Gasteiger partial charge in [0.25, 0.3) is 0 Å². The topological polar surface area (TPSA) is 32.3 Å². The standard InChI is InChI=1S/C8H15NO/c10-7-2-1-6-3-4-9-8(6)5-7/h6-10H,1-5H2. The van der Waals surface area contributed by atoms with Crippen molar-refractivity contribution in [1.82, 2.24) is 5.32 Å². The fraction of sp³-hybridized carbons (Fsp3) is 1.00. The van der Waals surface area contributed by atoms with Gasteiger partial charge in [0, 0.05) is 6.04 Å². The van der Waals surface area contributed by atoms with E-state index in [1.54, 1.807) is 0 Å². The summed E-state index contributed by atoms with van der Waals surface area (Å²) in [6, 6.07) is 0.642. The molecular weight excluding hydrogens is 126 g/mol. The van der Waals surface area contributed by atoms with Gasteiger partial charge in [-0.15, -0.1) is 0 Å². The van der Waals surface area contributed by atoms with Gasteiger partial charge in [0.05, 0.1) is 6.10 Å². The van der Waals surface area contributed by atoms with Gasteiger partial charge in [-0.3, -0.25) is 0 Å². The minimum absolute atomic E-state index is 0.0214. The predicted octanol–water partition coefficient (Wildman–Crippen LogP) is 0.509. The van der Waals surface area contributed by atoms with Crippen LogP contribution in [0, 0.1) is 5.92 Å². The molecule has 3 atom stereocenters. The van der Waals surface area contributed by atoms with Crippen LogP contribution in [-0.2, 0) is 0 Å². The molecule has 1 saturated carbocycles. The van der Waals surface area contributed by atoms with E-state index in [1.165, 1.54) is 19.4 Å². The van der Waals surface area contributed by atoms with E-state index in [2.05, 4.69) is 5.32 Å². The highest BCUT2D eigenvalue weighted by Crippen LogP contribution is 2.30. The summed E-state index contributed by atoms with van der Waals surface area (Å²) in [6.45, 7) is 1.17. The van der Waals surface area contributed by atoms with Crippen molar-refractivity contribution < 1.29 is 5.11 Å². The number of rotatable bonds is 0. The largest absolute Gasteiger partial charge is 0.393 e. The van der Waals surface area contributed by atoms with E-state index in [9.17, 15) is 5.11 Å². The lowest BCUT2D eigenvalue weighted by Gasteiger charge is -2.28. The number of nitrogens with one attached hydrogen (secondary N) is 1. The van der Waals surface area contributed by atoms with Crippen LogP contribution in [0.15, 0.2) is 0 Å². The normalized spacial score (nSPS) is 47.1. The summed E-state index contributed by atoms with van der Waals surface area (Å²) in [5, 5.41) is 12.7. The lowest BCUT2D eigenvalue weighted by molar-refractivity contribution is 0.0983. The van der Waals surface area contributed by atoms with Gasteiger partial charge in [0.1, 0.15) is 0 Å². The van der Waals surface area contributed by atoms with Gasteiger partial charge < -0.3 is 10.4 Å². The average molecular weight is 141 g/mol. The quantitative estimate of drug-likeness (QED) is 0.515. The molecule has 1 saturated heterocycles. The van der Waals surface area contributed by atoms with Crippen LogP contribution in [0.3, 0.4) is 0 Å². The Hall–Kier alpha value is -0.0800. The number of aliphatic hydroxyl groups is 1. The third-order valence-corrected chi connectivity index (χ3v) is 2.89. The van der Waals surface area contributed by atoms with Crippen LogP contribution >= 0.6 is 0 Å². The lowest BCUT2D eigenvalue weighted by Crippen LogP contribution is -2.35. The molecule has 0 radical (unpaired) electrons. The van der Waals surface area contributed by atoms with Crippen LogP contribution in [0.4, 0.5) is 0 Å². The van der Waals surface area contributed by atoms with Crippen molar-refractivity contribution in [3.63, 3.8) is 0 Å². The molecule has 2 fully saturated rings. The minimum Gasteiger partial charge on any atom is -0.393 e. The first-order valence-corrected chi connectivity index (χ1v) is 4.28. The highest BCUT2D eigenvalue weighted by molar-refractivity contribution is 4.89. The van der Waals surface area contributed by atoms with Crippen molar-refractivity contribution in [3.8, 4) is 0 Å². The van der Waals surface area contributed by atoms with Gasteiger partial charge in [0.2, 0.25) is 0 Å². The van der Waals surface area contributed by atoms with E-state index in [4.69, 9.17) is 0 Å². The SMILES string of the molecule is OC1CCC2CCNC2C1. The highest BCUT2D eigenvalue weighted by atomic mass is 16.3. The maximum absolute atomic E-state index is 9.32. The molecule has 58 valence electrons. The number of aliphatic hydroxyl groups excluding tert-OH is 1. The summed E-state index contributed by atoms with van der Waals surface area (Å²) >= 11 is 0. The van der Waals surface area contributed by atoms with E-state index < -0.39 is 0 Å². The first-order chi connectivity index (χ1) is 4.86.